The molecule has 1 aromatic heterocycles. The van der Waals surface area contributed by atoms with Crippen LogP contribution in [-0.4, -0.2) is 22.9 Å². The number of hydrogen-bond donors (Lipinski definition) is 0. The molecule has 1 fully saturated rings. The third-order valence-corrected chi connectivity index (χ3v) is 4.10. The average molecular weight is 243 g/mol. The number of nitrogens with zero attached hydrogens (tertiary/aromatic N) is 1. The minimum absolute atomic E-state index is 0.303. The predicted molar refractivity (Wildman–Crippen MR) is 73.4 cm³/mol. The zero-order valence-electron chi connectivity index (χ0n) is 11.3. The molecule has 4 heteroatoms. The van der Waals surface area contributed by atoms with Crippen LogP contribution in [0.2, 0.25) is 0 Å². The largest absolute Gasteiger partial charge is 0.598 e. The van der Waals surface area contributed by atoms with Gasteiger partial charge < -0.3 is 13.8 Å². The van der Waals surface area contributed by atoms with Crippen LogP contribution in [0.1, 0.15) is 27.7 Å². The van der Waals surface area contributed by atoms with Crippen LogP contribution in [0.4, 0.5) is 0 Å². The fraction of sp³-hybridized carbons (Fsp3) is 0.429. The summed E-state index contributed by atoms with van der Waals surface area (Å²) in [5.41, 5.74) is 0.530. The lowest BCUT2D eigenvalue weighted by atomic mass is 9.90. The molecule has 1 saturated heterocycles. The number of aromatic nitrogens is 1. The highest BCUT2D eigenvalue weighted by atomic mass is 16.7. The van der Waals surface area contributed by atoms with Gasteiger partial charge in [-0.05, 0) is 51.4 Å². The first kappa shape index (κ1) is 11.8. The van der Waals surface area contributed by atoms with E-state index < -0.39 is 0 Å². The van der Waals surface area contributed by atoms with Crippen molar-refractivity contribution >= 4 is 18.2 Å². The van der Waals surface area contributed by atoms with Gasteiger partial charge in [-0.3, -0.25) is 0 Å². The van der Waals surface area contributed by atoms with Gasteiger partial charge in [-0.2, -0.15) is 0 Å². The monoisotopic (exact) mass is 243 g/mol. The van der Waals surface area contributed by atoms with Crippen molar-refractivity contribution in [3.05, 3.63) is 36.5 Å². The lowest BCUT2D eigenvalue weighted by Crippen LogP contribution is -2.41. The van der Waals surface area contributed by atoms with E-state index in [-0.39, 0.29) is 18.5 Å². The minimum atomic E-state index is -0.352. The van der Waals surface area contributed by atoms with E-state index in [1.807, 2.05) is 22.8 Å². The normalized spacial score (nSPS) is 21.7. The maximum atomic E-state index is 6.06. The first-order chi connectivity index (χ1) is 8.41. The molecule has 0 amide bonds. The molecule has 18 heavy (non-hydrogen) atoms. The second-order valence-electron chi connectivity index (χ2n) is 5.85. The molecule has 0 atom stereocenters. The van der Waals surface area contributed by atoms with Gasteiger partial charge in [0, 0.05) is 5.52 Å². The highest BCUT2D eigenvalue weighted by Crippen LogP contribution is 2.37. The Bertz CT molecular complexity index is 572. The summed E-state index contributed by atoms with van der Waals surface area (Å²) in [6.07, 6.45) is 2.02. The van der Waals surface area contributed by atoms with Crippen molar-refractivity contribution in [1.29, 1.82) is 0 Å². The summed E-state index contributed by atoms with van der Waals surface area (Å²) in [5.74, 6) is 0. The summed E-state index contributed by atoms with van der Waals surface area (Å²) in [7, 11) is -0.352. The topological polar surface area (TPSA) is 23.4 Å². The van der Waals surface area contributed by atoms with Gasteiger partial charge in [0.2, 0.25) is 0 Å². The molecule has 2 aromatic rings. The van der Waals surface area contributed by atoms with Gasteiger partial charge in [0.25, 0.3) is 0 Å². The van der Waals surface area contributed by atoms with Crippen LogP contribution in [0.25, 0.3) is 10.9 Å². The van der Waals surface area contributed by atoms with E-state index in [1.165, 1.54) is 5.39 Å². The molecule has 0 radical (unpaired) electrons. The Balaban J connectivity index is 2.03. The highest BCUT2D eigenvalue weighted by molar-refractivity contribution is 6.45. The average Bonchev–Trinajstić information content (AvgIpc) is 2.78. The van der Waals surface area contributed by atoms with Gasteiger partial charge in [0.1, 0.15) is 0 Å². The molecule has 94 valence electrons. The number of para-hydroxylation sites is 1. The molecule has 1 aromatic carbocycles. The molecule has 1 aliphatic heterocycles. The van der Waals surface area contributed by atoms with Crippen LogP contribution in [0.15, 0.2) is 36.5 Å². The first-order valence-corrected chi connectivity index (χ1v) is 6.32. The van der Waals surface area contributed by atoms with E-state index in [2.05, 4.69) is 45.9 Å². The van der Waals surface area contributed by atoms with Gasteiger partial charge in [-0.1, -0.05) is 18.2 Å². The fourth-order valence-electron chi connectivity index (χ4n) is 2.21. The number of benzene rings is 1. The molecule has 2 heterocycles. The second kappa shape index (κ2) is 3.62. The zero-order valence-corrected chi connectivity index (χ0v) is 11.3. The molecule has 0 aliphatic carbocycles. The molecular weight excluding hydrogens is 225 g/mol. The van der Waals surface area contributed by atoms with Crippen LogP contribution >= 0.6 is 0 Å². The first-order valence-electron chi connectivity index (χ1n) is 6.32. The predicted octanol–water partition coefficient (Wildman–Crippen LogP) is 3.08. The minimum Gasteiger partial charge on any atom is -0.384 e. The SMILES string of the molecule is CC1(C)OB(n2ccc3ccccc32)OC1(C)C. The van der Waals surface area contributed by atoms with E-state index >= 15 is 0 Å². The molecule has 3 rings (SSSR count). The van der Waals surface area contributed by atoms with Crippen molar-refractivity contribution in [2.24, 2.45) is 0 Å². The van der Waals surface area contributed by atoms with Crippen molar-refractivity contribution in [2.75, 3.05) is 0 Å². The summed E-state index contributed by atoms with van der Waals surface area (Å²) in [6.45, 7) is 8.27. The maximum absolute atomic E-state index is 6.06. The van der Waals surface area contributed by atoms with Crippen LogP contribution in [0, 0.1) is 0 Å². The second-order valence-corrected chi connectivity index (χ2v) is 5.85. The quantitative estimate of drug-likeness (QED) is 0.718. The standard InChI is InChI=1S/C14H18BNO2/c1-13(2)14(3,4)18-15(17-13)16-10-9-11-7-5-6-8-12(11)16/h5-10H,1-4H3. The van der Waals surface area contributed by atoms with E-state index in [1.54, 1.807) is 0 Å². The van der Waals surface area contributed by atoms with Crippen LogP contribution < -0.4 is 0 Å². The van der Waals surface area contributed by atoms with Crippen LogP contribution in [0.3, 0.4) is 0 Å². The van der Waals surface area contributed by atoms with Gasteiger partial charge in [0.15, 0.2) is 0 Å². The summed E-state index contributed by atoms with van der Waals surface area (Å²) in [6, 6.07) is 10.3. The number of fused-ring (bicyclic) bond motifs is 1. The number of rotatable bonds is 1. The van der Waals surface area contributed by atoms with Crippen molar-refractivity contribution in [3.8, 4) is 0 Å². The molecular formula is C14H18BNO2. The fourth-order valence-corrected chi connectivity index (χ4v) is 2.21. The summed E-state index contributed by atoms with van der Waals surface area (Å²) in [4.78, 5) is 0. The Morgan fingerprint density at radius 3 is 2.22 bits per heavy atom. The summed E-state index contributed by atoms with van der Waals surface area (Å²) in [5, 5.41) is 1.20. The van der Waals surface area contributed by atoms with E-state index in [0.29, 0.717) is 0 Å². The number of hydrogen-bond acceptors (Lipinski definition) is 2. The molecule has 0 unspecified atom stereocenters. The van der Waals surface area contributed by atoms with Crippen LogP contribution in [0.5, 0.6) is 0 Å². The van der Waals surface area contributed by atoms with Gasteiger partial charge in [-0.15, -0.1) is 0 Å². The molecule has 0 saturated carbocycles. The smallest absolute Gasteiger partial charge is 0.384 e. The lowest BCUT2D eigenvalue weighted by Gasteiger charge is -2.32. The molecule has 0 spiro atoms. The molecule has 0 bridgehead atoms. The van der Waals surface area contributed by atoms with Crippen LogP contribution in [-0.2, 0) is 9.31 Å². The Kier molecular flexibility index (Phi) is 2.38. The third-order valence-electron chi connectivity index (χ3n) is 4.10. The molecule has 3 nitrogen and oxygen atoms in total. The van der Waals surface area contributed by atoms with E-state index in [0.717, 1.165) is 5.52 Å². The summed E-state index contributed by atoms with van der Waals surface area (Å²) >= 11 is 0. The highest BCUT2D eigenvalue weighted by Gasteiger charge is 2.52. The van der Waals surface area contributed by atoms with Gasteiger partial charge in [0.05, 0.1) is 11.2 Å². The van der Waals surface area contributed by atoms with Crippen molar-refractivity contribution < 1.29 is 9.31 Å². The summed E-state index contributed by atoms with van der Waals surface area (Å²) < 4.78 is 14.2. The van der Waals surface area contributed by atoms with Crippen molar-refractivity contribution in [1.82, 2.24) is 4.48 Å². The van der Waals surface area contributed by atoms with Crippen molar-refractivity contribution in [3.63, 3.8) is 0 Å². The third kappa shape index (κ3) is 1.60. The van der Waals surface area contributed by atoms with Gasteiger partial charge in [-0.25, -0.2) is 0 Å². The maximum Gasteiger partial charge on any atom is 0.598 e. The van der Waals surface area contributed by atoms with E-state index in [4.69, 9.17) is 9.31 Å². The Morgan fingerprint density at radius 2 is 1.56 bits per heavy atom. The molecule has 0 N–H and O–H groups in total. The Morgan fingerprint density at radius 1 is 0.944 bits per heavy atom. The van der Waals surface area contributed by atoms with Crippen molar-refractivity contribution in [2.45, 2.75) is 38.9 Å². The Labute approximate surface area is 108 Å². The van der Waals surface area contributed by atoms with Gasteiger partial charge >= 0.3 is 7.25 Å². The lowest BCUT2D eigenvalue weighted by molar-refractivity contribution is 0.00578. The van der Waals surface area contributed by atoms with E-state index in [9.17, 15) is 0 Å². The zero-order chi connectivity index (χ0) is 13.0. The molecule has 1 aliphatic rings. The Hall–Kier alpha value is -1.26.